The van der Waals surface area contributed by atoms with Crippen LogP contribution in [0.1, 0.15) is 20.8 Å². The van der Waals surface area contributed by atoms with E-state index in [4.69, 9.17) is 11.6 Å². The molecule has 0 aliphatic rings. The summed E-state index contributed by atoms with van der Waals surface area (Å²) in [6, 6.07) is 14.3. The fourth-order valence-electron chi connectivity index (χ4n) is 2.65. The highest BCUT2D eigenvalue weighted by atomic mass is 35.5. The van der Waals surface area contributed by atoms with E-state index in [1.165, 1.54) is 16.3 Å². The SMILES string of the molecule is CC(C)NC(=O)C(C)Sc1nc2ccccc2c(=O)n1-c1ccccc1Cl. The van der Waals surface area contributed by atoms with Crippen LogP contribution in [0.15, 0.2) is 58.5 Å². The number of thioether (sulfide) groups is 1. The van der Waals surface area contributed by atoms with Gasteiger partial charge in [-0.25, -0.2) is 4.98 Å². The number of nitrogens with one attached hydrogen (secondary N) is 1. The molecule has 0 saturated heterocycles. The summed E-state index contributed by atoms with van der Waals surface area (Å²) in [4.78, 5) is 30.2. The third-order valence-electron chi connectivity index (χ3n) is 3.92. The number of hydrogen-bond acceptors (Lipinski definition) is 4. The summed E-state index contributed by atoms with van der Waals surface area (Å²) < 4.78 is 1.48. The molecular weight excluding hydrogens is 382 g/mol. The Morgan fingerprint density at radius 3 is 2.48 bits per heavy atom. The molecule has 1 aromatic heterocycles. The minimum atomic E-state index is -0.422. The Kier molecular flexibility index (Phi) is 5.87. The molecule has 7 heteroatoms. The summed E-state index contributed by atoms with van der Waals surface area (Å²) >= 11 is 7.58. The standard InChI is InChI=1S/C20H20ClN3O2S/c1-12(2)22-18(25)13(3)27-20-23-16-10-6-4-8-14(16)19(26)24(20)17-11-7-5-9-15(17)21/h4-13H,1-3H3,(H,22,25). The first-order valence-corrected chi connectivity index (χ1v) is 9.88. The van der Waals surface area contributed by atoms with E-state index in [-0.39, 0.29) is 17.5 Å². The van der Waals surface area contributed by atoms with Crippen molar-refractivity contribution in [2.75, 3.05) is 0 Å². The van der Waals surface area contributed by atoms with E-state index in [1.807, 2.05) is 26.0 Å². The van der Waals surface area contributed by atoms with Crippen molar-refractivity contribution in [1.82, 2.24) is 14.9 Å². The summed E-state index contributed by atoms with van der Waals surface area (Å²) in [5, 5.41) is 3.83. The van der Waals surface area contributed by atoms with Gasteiger partial charge in [-0.3, -0.25) is 14.2 Å². The fourth-order valence-corrected chi connectivity index (χ4v) is 3.80. The Labute approximate surface area is 166 Å². The lowest BCUT2D eigenvalue weighted by atomic mass is 10.2. The van der Waals surface area contributed by atoms with Crippen LogP contribution < -0.4 is 10.9 Å². The average Bonchev–Trinajstić information content (AvgIpc) is 2.62. The zero-order valence-electron chi connectivity index (χ0n) is 15.3. The van der Waals surface area contributed by atoms with Gasteiger partial charge in [0, 0.05) is 6.04 Å². The maximum Gasteiger partial charge on any atom is 0.266 e. The van der Waals surface area contributed by atoms with Crippen LogP contribution in [0.3, 0.4) is 0 Å². The van der Waals surface area contributed by atoms with E-state index in [0.717, 1.165) is 0 Å². The van der Waals surface area contributed by atoms with Crippen molar-refractivity contribution >= 4 is 40.2 Å². The van der Waals surface area contributed by atoms with Gasteiger partial charge in [0.25, 0.3) is 5.56 Å². The maximum atomic E-state index is 13.2. The molecule has 0 radical (unpaired) electrons. The normalized spacial score (nSPS) is 12.3. The highest BCUT2D eigenvalue weighted by Gasteiger charge is 2.21. The van der Waals surface area contributed by atoms with Crippen molar-refractivity contribution in [3.8, 4) is 5.69 Å². The minimum Gasteiger partial charge on any atom is -0.353 e. The molecule has 1 N–H and O–H groups in total. The molecule has 2 aromatic carbocycles. The fraction of sp³-hybridized carbons (Fsp3) is 0.250. The molecule has 1 unspecified atom stereocenters. The predicted molar refractivity (Wildman–Crippen MR) is 111 cm³/mol. The van der Waals surface area contributed by atoms with Crippen molar-refractivity contribution < 1.29 is 4.79 Å². The van der Waals surface area contributed by atoms with Gasteiger partial charge < -0.3 is 5.32 Å². The smallest absolute Gasteiger partial charge is 0.266 e. The largest absolute Gasteiger partial charge is 0.353 e. The number of amides is 1. The molecule has 140 valence electrons. The zero-order chi connectivity index (χ0) is 19.6. The van der Waals surface area contributed by atoms with E-state index >= 15 is 0 Å². The van der Waals surface area contributed by atoms with E-state index in [9.17, 15) is 9.59 Å². The first-order chi connectivity index (χ1) is 12.9. The summed E-state index contributed by atoms with van der Waals surface area (Å²) in [7, 11) is 0. The van der Waals surface area contributed by atoms with E-state index in [1.54, 1.807) is 43.3 Å². The van der Waals surface area contributed by atoms with Crippen LogP contribution >= 0.6 is 23.4 Å². The number of nitrogens with zero attached hydrogens (tertiary/aromatic N) is 2. The van der Waals surface area contributed by atoms with Gasteiger partial charge in [-0.1, -0.05) is 47.6 Å². The summed E-state index contributed by atoms with van der Waals surface area (Å²) in [6.45, 7) is 5.60. The number of fused-ring (bicyclic) bond motifs is 1. The van der Waals surface area contributed by atoms with Crippen LogP contribution in [-0.2, 0) is 4.79 Å². The molecular formula is C20H20ClN3O2S. The second-order valence-electron chi connectivity index (χ2n) is 6.43. The van der Waals surface area contributed by atoms with Gasteiger partial charge in [-0.2, -0.15) is 0 Å². The van der Waals surface area contributed by atoms with Crippen molar-refractivity contribution in [1.29, 1.82) is 0 Å². The van der Waals surface area contributed by atoms with Crippen LogP contribution in [-0.4, -0.2) is 26.8 Å². The second-order valence-corrected chi connectivity index (χ2v) is 8.14. The molecule has 3 rings (SSSR count). The van der Waals surface area contributed by atoms with Crippen molar-refractivity contribution in [2.45, 2.75) is 37.2 Å². The minimum absolute atomic E-state index is 0.0378. The van der Waals surface area contributed by atoms with Crippen molar-refractivity contribution in [3.05, 3.63) is 63.9 Å². The topological polar surface area (TPSA) is 64.0 Å². The lowest BCUT2D eigenvalue weighted by Crippen LogP contribution is -2.36. The highest BCUT2D eigenvalue weighted by molar-refractivity contribution is 8.00. The lowest BCUT2D eigenvalue weighted by Gasteiger charge is -2.18. The first kappa shape index (κ1) is 19.5. The molecule has 0 aliphatic heterocycles. The van der Waals surface area contributed by atoms with Gasteiger partial charge in [-0.15, -0.1) is 0 Å². The molecule has 5 nitrogen and oxygen atoms in total. The lowest BCUT2D eigenvalue weighted by molar-refractivity contribution is -0.120. The number of rotatable bonds is 5. The van der Waals surface area contributed by atoms with Crippen LogP contribution in [0.5, 0.6) is 0 Å². The molecule has 27 heavy (non-hydrogen) atoms. The number of carbonyl (C=O) groups excluding carboxylic acids is 1. The van der Waals surface area contributed by atoms with E-state index in [2.05, 4.69) is 10.3 Å². The summed E-state index contributed by atoms with van der Waals surface area (Å²) in [5.41, 5.74) is 0.916. The first-order valence-electron chi connectivity index (χ1n) is 8.62. The molecule has 0 bridgehead atoms. The van der Waals surface area contributed by atoms with Crippen molar-refractivity contribution in [3.63, 3.8) is 0 Å². The molecule has 3 aromatic rings. The van der Waals surface area contributed by atoms with Gasteiger partial charge in [0.2, 0.25) is 5.91 Å². The number of para-hydroxylation sites is 2. The quantitative estimate of drug-likeness (QED) is 0.517. The van der Waals surface area contributed by atoms with Crippen LogP contribution in [0.25, 0.3) is 16.6 Å². The van der Waals surface area contributed by atoms with Crippen molar-refractivity contribution in [2.24, 2.45) is 0 Å². The molecule has 1 heterocycles. The second kappa shape index (κ2) is 8.15. The average molecular weight is 402 g/mol. The van der Waals surface area contributed by atoms with E-state index in [0.29, 0.717) is 26.8 Å². The molecule has 0 fully saturated rings. The van der Waals surface area contributed by atoms with Crippen LogP contribution in [0.4, 0.5) is 0 Å². The van der Waals surface area contributed by atoms with Gasteiger partial charge in [0.05, 0.1) is 26.9 Å². The predicted octanol–water partition coefficient (Wildman–Crippen LogP) is 4.04. The molecule has 0 aliphatic carbocycles. The van der Waals surface area contributed by atoms with Gasteiger partial charge in [0.1, 0.15) is 0 Å². The Balaban J connectivity index is 2.16. The van der Waals surface area contributed by atoms with Gasteiger partial charge in [-0.05, 0) is 45.0 Å². The molecule has 1 atom stereocenters. The number of halogens is 1. The monoisotopic (exact) mass is 401 g/mol. The Hall–Kier alpha value is -2.31. The molecule has 0 saturated carbocycles. The molecule has 1 amide bonds. The Bertz CT molecular complexity index is 1050. The maximum absolute atomic E-state index is 13.2. The number of hydrogen-bond donors (Lipinski definition) is 1. The van der Waals surface area contributed by atoms with Gasteiger partial charge in [0.15, 0.2) is 5.16 Å². The highest BCUT2D eigenvalue weighted by Crippen LogP contribution is 2.28. The molecule has 0 spiro atoms. The van der Waals surface area contributed by atoms with E-state index < -0.39 is 5.25 Å². The third kappa shape index (κ3) is 4.17. The van der Waals surface area contributed by atoms with Crippen LogP contribution in [0.2, 0.25) is 5.02 Å². The summed E-state index contributed by atoms with van der Waals surface area (Å²) in [5.74, 6) is -0.108. The number of aromatic nitrogens is 2. The Morgan fingerprint density at radius 2 is 1.78 bits per heavy atom. The van der Waals surface area contributed by atoms with Crippen LogP contribution in [0, 0.1) is 0 Å². The number of benzene rings is 2. The summed E-state index contributed by atoms with van der Waals surface area (Å²) in [6.07, 6.45) is 0. The van der Waals surface area contributed by atoms with Gasteiger partial charge >= 0.3 is 0 Å². The Morgan fingerprint density at radius 1 is 1.11 bits per heavy atom. The number of carbonyl (C=O) groups is 1. The third-order valence-corrected chi connectivity index (χ3v) is 5.29. The zero-order valence-corrected chi connectivity index (χ0v) is 16.8.